The third kappa shape index (κ3) is 3.98. The summed E-state index contributed by atoms with van der Waals surface area (Å²) >= 11 is 0. The molecule has 3 rings (SSSR count). The summed E-state index contributed by atoms with van der Waals surface area (Å²) in [4.78, 5) is 14.4. The number of nitrogens with zero attached hydrogens (tertiary/aromatic N) is 1. The third-order valence-corrected chi connectivity index (χ3v) is 4.74. The Morgan fingerprint density at radius 1 is 1.16 bits per heavy atom. The SMILES string of the molecule is CC1CCc2ccccc2N1CC(=O)NCCc1c(F)cccc1F. The first-order chi connectivity index (χ1) is 12.1. The lowest BCUT2D eigenvalue weighted by molar-refractivity contribution is -0.119. The van der Waals surface area contributed by atoms with Crippen molar-refractivity contribution in [1.82, 2.24) is 5.32 Å². The van der Waals surface area contributed by atoms with Crippen LogP contribution in [-0.2, 0) is 17.6 Å². The van der Waals surface area contributed by atoms with E-state index in [1.165, 1.54) is 23.8 Å². The van der Waals surface area contributed by atoms with Crippen LogP contribution in [0, 0.1) is 11.6 Å². The molecule has 0 aliphatic carbocycles. The van der Waals surface area contributed by atoms with Crippen molar-refractivity contribution in [2.24, 2.45) is 0 Å². The highest BCUT2D eigenvalue weighted by Gasteiger charge is 2.24. The van der Waals surface area contributed by atoms with Crippen molar-refractivity contribution < 1.29 is 13.6 Å². The second-order valence-electron chi connectivity index (χ2n) is 6.44. The highest BCUT2D eigenvalue weighted by Crippen LogP contribution is 2.29. The Balaban J connectivity index is 1.58. The zero-order valence-electron chi connectivity index (χ0n) is 14.3. The predicted molar refractivity (Wildman–Crippen MR) is 94.6 cm³/mol. The number of anilines is 1. The van der Waals surface area contributed by atoms with Gasteiger partial charge in [0.25, 0.3) is 0 Å². The largest absolute Gasteiger partial charge is 0.359 e. The Labute approximate surface area is 146 Å². The summed E-state index contributed by atoms with van der Waals surface area (Å²) < 4.78 is 27.2. The number of fused-ring (bicyclic) bond motifs is 1. The maximum atomic E-state index is 13.6. The molecular formula is C20H22F2N2O. The topological polar surface area (TPSA) is 32.3 Å². The van der Waals surface area contributed by atoms with Crippen LogP contribution in [0.2, 0.25) is 0 Å². The molecule has 0 fully saturated rings. The van der Waals surface area contributed by atoms with E-state index in [9.17, 15) is 13.6 Å². The quantitative estimate of drug-likeness (QED) is 0.901. The van der Waals surface area contributed by atoms with Crippen molar-refractivity contribution in [2.75, 3.05) is 18.0 Å². The molecule has 1 aliphatic rings. The van der Waals surface area contributed by atoms with Crippen LogP contribution in [0.15, 0.2) is 42.5 Å². The second kappa shape index (κ2) is 7.64. The average Bonchev–Trinajstić information content (AvgIpc) is 2.60. The van der Waals surface area contributed by atoms with E-state index in [1.807, 2.05) is 18.2 Å². The molecule has 0 spiro atoms. The number of para-hydroxylation sites is 1. The van der Waals surface area contributed by atoms with Gasteiger partial charge < -0.3 is 10.2 Å². The van der Waals surface area contributed by atoms with Gasteiger partial charge in [-0.3, -0.25) is 4.79 Å². The van der Waals surface area contributed by atoms with Gasteiger partial charge in [0.1, 0.15) is 11.6 Å². The fourth-order valence-electron chi connectivity index (χ4n) is 3.31. The van der Waals surface area contributed by atoms with Crippen LogP contribution in [0.4, 0.5) is 14.5 Å². The van der Waals surface area contributed by atoms with Crippen molar-refractivity contribution in [2.45, 2.75) is 32.2 Å². The monoisotopic (exact) mass is 344 g/mol. The first-order valence-electron chi connectivity index (χ1n) is 8.60. The summed E-state index contributed by atoms with van der Waals surface area (Å²) in [6, 6.07) is 12.2. The maximum Gasteiger partial charge on any atom is 0.239 e. The van der Waals surface area contributed by atoms with E-state index in [4.69, 9.17) is 0 Å². The first kappa shape index (κ1) is 17.4. The Morgan fingerprint density at radius 2 is 1.88 bits per heavy atom. The van der Waals surface area contributed by atoms with Crippen LogP contribution in [0.5, 0.6) is 0 Å². The number of benzene rings is 2. The van der Waals surface area contributed by atoms with E-state index in [-0.39, 0.29) is 37.0 Å². The molecule has 5 heteroatoms. The van der Waals surface area contributed by atoms with Crippen LogP contribution in [-0.4, -0.2) is 25.0 Å². The van der Waals surface area contributed by atoms with E-state index >= 15 is 0 Å². The maximum absolute atomic E-state index is 13.6. The molecule has 0 saturated carbocycles. The molecule has 0 bridgehead atoms. The molecule has 132 valence electrons. The summed E-state index contributed by atoms with van der Waals surface area (Å²) in [6.45, 7) is 2.57. The minimum absolute atomic E-state index is 0.0134. The van der Waals surface area contributed by atoms with E-state index < -0.39 is 11.6 Å². The number of hydrogen-bond donors (Lipinski definition) is 1. The van der Waals surface area contributed by atoms with Crippen LogP contribution in [0.1, 0.15) is 24.5 Å². The van der Waals surface area contributed by atoms with Gasteiger partial charge in [-0.05, 0) is 49.9 Å². The molecule has 0 aromatic heterocycles. The van der Waals surface area contributed by atoms with E-state index in [0.29, 0.717) is 0 Å². The van der Waals surface area contributed by atoms with Crippen LogP contribution < -0.4 is 10.2 Å². The molecule has 2 aromatic carbocycles. The van der Waals surface area contributed by atoms with Gasteiger partial charge in [-0.2, -0.15) is 0 Å². The number of rotatable bonds is 5. The van der Waals surface area contributed by atoms with Crippen LogP contribution in [0.3, 0.4) is 0 Å². The molecule has 1 N–H and O–H groups in total. The fourth-order valence-corrected chi connectivity index (χ4v) is 3.31. The molecule has 0 saturated heterocycles. The number of carbonyl (C=O) groups is 1. The summed E-state index contributed by atoms with van der Waals surface area (Å²) in [6.07, 6.45) is 2.16. The lowest BCUT2D eigenvalue weighted by atomic mass is 9.96. The van der Waals surface area contributed by atoms with Gasteiger partial charge in [-0.1, -0.05) is 24.3 Å². The normalized spacial score (nSPS) is 16.4. The molecule has 0 radical (unpaired) electrons. The number of halogens is 2. The summed E-state index contributed by atoms with van der Waals surface area (Å²) in [5.41, 5.74) is 2.36. The number of hydrogen-bond acceptors (Lipinski definition) is 2. The van der Waals surface area contributed by atoms with Gasteiger partial charge >= 0.3 is 0 Å². The van der Waals surface area contributed by atoms with Gasteiger partial charge in [0.05, 0.1) is 6.54 Å². The van der Waals surface area contributed by atoms with Crippen molar-refractivity contribution in [3.63, 3.8) is 0 Å². The molecule has 1 atom stereocenters. The molecule has 3 nitrogen and oxygen atoms in total. The highest BCUT2D eigenvalue weighted by molar-refractivity contribution is 5.82. The van der Waals surface area contributed by atoms with Gasteiger partial charge in [0.15, 0.2) is 0 Å². The summed E-state index contributed by atoms with van der Waals surface area (Å²) in [5, 5.41) is 2.77. The fraction of sp³-hybridized carbons (Fsp3) is 0.350. The minimum Gasteiger partial charge on any atom is -0.359 e. The first-order valence-corrected chi connectivity index (χ1v) is 8.60. The number of amides is 1. The number of carbonyl (C=O) groups excluding carboxylic acids is 1. The summed E-state index contributed by atoms with van der Waals surface area (Å²) in [5.74, 6) is -1.29. The van der Waals surface area contributed by atoms with Gasteiger partial charge in [0.2, 0.25) is 5.91 Å². The lowest BCUT2D eigenvalue weighted by Gasteiger charge is -2.36. The Hall–Kier alpha value is -2.43. The van der Waals surface area contributed by atoms with Gasteiger partial charge in [-0.15, -0.1) is 0 Å². The standard InChI is InChI=1S/C20H22F2N2O/c1-14-9-10-15-5-2-3-8-19(15)24(14)13-20(25)23-12-11-16-17(21)6-4-7-18(16)22/h2-8,14H,9-13H2,1H3,(H,23,25). The average molecular weight is 344 g/mol. The minimum atomic E-state index is -0.576. The number of aryl methyl sites for hydroxylation is 1. The summed E-state index contributed by atoms with van der Waals surface area (Å²) in [7, 11) is 0. The zero-order chi connectivity index (χ0) is 17.8. The Bertz CT molecular complexity index is 743. The molecule has 1 heterocycles. The lowest BCUT2D eigenvalue weighted by Crippen LogP contribution is -2.44. The molecule has 2 aromatic rings. The zero-order valence-corrected chi connectivity index (χ0v) is 14.3. The van der Waals surface area contributed by atoms with Crippen molar-refractivity contribution in [3.8, 4) is 0 Å². The Morgan fingerprint density at radius 3 is 2.64 bits per heavy atom. The van der Waals surface area contributed by atoms with Crippen molar-refractivity contribution >= 4 is 11.6 Å². The van der Waals surface area contributed by atoms with Crippen molar-refractivity contribution in [1.29, 1.82) is 0 Å². The van der Waals surface area contributed by atoms with E-state index in [2.05, 4.69) is 23.2 Å². The highest BCUT2D eigenvalue weighted by atomic mass is 19.1. The Kier molecular flexibility index (Phi) is 5.31. The third-order valence-electron chi connectivity index (χ3n) is 4.74. The van der Waals surface area contributed by atoms with Crippen LogP contribution in [0.25, 0.3) is 0 Å². The van der Waals surface area contributed by atoms with E-state index in [1.54, 1.807) is 0 Å². The van der Waals surface area contributed by atoms with Gasteiger partial charge in [-0.25, -0.2) is 8.78 Å². The second-order valence-corrected chi connectivity index (χ2v) is 6.44. The molecule has 1 aliphatic heterocycles. The van der Waals surface area contributed by atoms with E-state index in [0.717, 1.165) is 18.5 Å². The smallest absolute Gasteiger partial charge is 0.239 e. The predicted octanol–water partition coefficient (Wildman–Crippen LogP) is 3.46. The number of nitrogens with one attached hydrogen (secondary N) is 1. The molecule has 25 heavy (non-hydrogen) atoms. The molecular weight excluding hydrogens is 322 g/mol. The molecule has 1 amide bonds. The van der Waals surface area contributed by atoms with Gasteiger partial charge in [0, 0.05) is 23.8 Å². The van der Waals surface area contributed by atoms with Crippen molar-refractivity contribution in [3.05, 3.63) is 65.2 Å². The molecule has 1 unspecified atom stereocenters. The van der Waals surface area contributed by atoms with Crippen LogP contribution >= 0.6 is 0 Å².